The largest absolute Gasteiger partial charge is 1.00 e. The van der Waals surface area contributed by atoms with Crippen molar-refractivity contribution < 1.29 is 81.7 Å². The van der Waals surface area contributed by atoms with Crippen LogP contribution in [0.15, 0.2) is 0 Å². The summed E-state index contributed by atoms with van der Waals surface area (Å²) in [4.78, 5) is 0. The van der Waals surface area contributed by atoms with E-state index in [1.165, 1.54) is 0 Å². The van der Waals surface area contributed by atoms with Gasteiger partial charge in [-0.25, -0.2) is 8.42 Å². The van der Waals surface area contributed by atoms with Gasteiger partial charge in [0, 0.05) is 0 Å². The molecule has 0 aromatic heterocycles. The van der Waals surface area contributed by atoms with Crippen LogP contribution in [0.5, 0.6) is 0 Å². The third-order valence-corrected chi connectivity index (χ3v) is 13.5. The molecule has 0 amide bonds. The Morgan fingerprint density at radius 3 is 2.20 bits per heavy atom. The van der Waals surface area contributed by atoms with Crippen molar-refractivity contribution in [1.82, 2.24) is 0 Å². The second-order valence-corrected chi connectivity index (χ2v) is 16.8. The molecule has 1 heterocycles. The van der Waals surface area contributed by atoms with Gasteiger partial charge in [0.1, 0.15) is 18.3 Å². The minimum atomic E-state index is -4.94. The number of ether oxygens (including phenoxy) is 2. The molecule has 0 spiro atoms. The van der Waals surface area contributed by atoms with Gasteiger partial charge in [-0.3, -0.25) is 4.18 Å². The van der Waals surface area contributed by atoms with Gasteiger partial charge in [-0.2, -0.15) is 0 Å². The molecule has 1 saturated heterocycles. The summed E-state index contributed by atoms with van der Waals surface area (Å²) in [5.74, 6) is 0.383. The van der Waals surface area contributed by atoms with E-state index in [0.717, 1.165) is 25.7 Å². The summed E-state index contributed by atoms with van der Waals surface area (Å²) in [6, 6.07) is 0. The summed E-state index contributed by atoms with van der Waals surface area (Å²) in [7, 11) is -4.94. The van der Waals surface area contributed by atoms with Gasteiger partial charge in [-0.05, 0) is 110 Å². The third kappa shape index (κ3) is 7.54. The standard InChI is InChI=1S/C32H56O11S.Na/c1-16(2)25(42-30-29(37)28(36)24(35)15-41-30)7-6-17(3)21-14-26(43-44(38,39)40)27-19-13-23(34)22-12-18(33)8-10-31(22,4)20(19)9-11-32(21,27)5;/h16-30,33-37H,6-15H2,1-5H3,(H,38,39,40);/q;+1/p-1/t17?,18-,19?,20?,21+,22?,23-,24+,25-,26?,27?,28-,29+,30-,31+,32+;/m0./s1. The SMILES string of the molecule is CC(C)[C@H](CCC(C)[C@H]1CC(OS(=O)(=O)[O-])C2C3C[C@H](O)C4C[C@@H](O)CC[C@]4(C)C3CC[C@@]21C)O[C@@H]1OC[C@@H](O)[C@H](O)[C@H]1O.[Na+]. The smallest absolute Gasteiger partial charge is 0.726 e. The molecule has 16 atom stereocenters. The average Bonchev–Trinajstić information content (AvgIpc) is 3.22. The summed E-state index contributed by atoms with van der Waals surface area (Å²) >= 11 is 0. The molecular weight excluding hydrogens is 615 g/mol. The average molecular weight is 671 g/mol. The van der Waals surface area contributed by atoms with Crippen LogP contribution in [0.2, 0.25) is 0 Å². The van der Waals surface area contributed by atoms with Gasteiger partial charge in [-0.1, -0.05) is 34.6 Å². The van der Waals surface area contributed by atoms with Gasteiger partial charge in [-0.15, -0.1) is 0 Å². The summed E-state index contributed by atoms with van der Waals surface area (Å²) in [6.07, 6.45) is -0.716. The molecule has 45 heavy (non-hydrogen) atoms. The molecule has 6 unspecified atom stereocenters. The summed E-state index contributed by atoms with van der Waals surface area (Å²) < 4.78 is 53.0. The molecule has 0 radical (unpaired) electrons. The van der Waals surface area contributed by atoms with E-state index in [1.54, 1.807) is 0 Å². The Kier molecular flexibility index (Phi) is 12.3. The first kappa shape index (κ1) is 38.4. The fourth-order valence-electron chi connectivity index (χ4n) is 10.7. The zero-order chi connectivity index (χ0) is 32.4. The Bertz CT molecular complexity index is 1110. The molecule has 1 aliphatic heterocycles. The van der Waals surface area contributed by atoms with Gasteiger partial charge in [0.25, 0.3) is 0 Å². The van der Waals surface area contributed by atoms with E-state index in [0.29, 0.717) is 32.1 Å². The van der Waals surface area contributed by atoms with Crippen LogP contribution < -0.4 is 29.6 Å². The third-order valence-electron chi connectivity index (χ3n) is 13.0. The van der Waals surface area contributed by atoms with E-state index in [2.05, 4.69) is 20.8 Å². The summed E-state index contributed by atoms with van der Waals surface area (Å²) in [5, 5.41) is 52.1. The molecular formula is C32H55NaO11S. The monoisotopic (exact) mass is 670 g/mol. The van der Waals surface area contributed by atoms with Crippen molar-refractivity contribution in [3.05, 3.63) is 0 Å². The van der Waals surface area contributed by atoms with E-state index < -0.39 is 53.3 Å². The molecule has 5 N–H and O–H groups in total. The zero-order valence-electron chi connectivity index (χ0n) is 27.8. The second kappa shape index (κ2) is 14.4. The Labute approximate surface area is 291 Å². The molecule has 0 bridgehead atoms. The molecule has 11 nitrogen and oxygen atoms in total. The Hall–Kier alpha value is 0.590. The van der Waals surface area contributed by atoms with Crippen LogP contribution in [0.25, 0.3) is 0 Å². The van der Waals surface area contributed by atoms with Crippen molar-refractivity contribution in [3.8, 4) is 0 Å². The first-order valence-corrected chi connectivity index (χ1v) is 18.1. The second-order valence-electron chi connectivity index (χ2n) is 15.8. The van der Waals surface area contributed by atoms with Crippen LogP contribution in [0, 0.1) is 52.3 Å². The Balaban J connectivity index is 0.00000461. The van der Waals surface area contributed by atoms with Gasteiger partial charge < -0.3 is 39.6 Å². The number of hydrogen-bond donors (Lipinski definition) is 5. The predicted molar refractivity (Wildman–Crippen MR) is 158 cm³/mol. The van der Waals surface area contributed by atoms with E-state index in [4.69, 9.17) is 13.7 Å². The quantitative estimate of drug-likeness (QED) is 0.119. The van der Waals surface area contributed by atoms with E-state index >= 15 is 0 Å². The number of aliphatic hydroxyl groups is 5. The maximum Gasteiger partial charge on any atom is 1.00 e. The molecule has 5 aliphatic rings. The van der Waals surface area contributed by atoms with Gasteiger partial charge in [0.05, 0.1) is 31.0 Å². The van der Waals surface area contributed by atoms with E-state index in [1.807, 2.05) is 13.8 Å². The molecule has 256 valence electrons. The first-order chi connectivity index (χ1) is 20.5. The minimum absolute atomic E-state index is 0. The number of fused-ring (bicyclic) bond motifs is 5. The molecule has 5 fully saturated rings. The molecule has 0 aromatic carbocycles. The predicted octanol–water partition coefficient (Wildman–Crippen LogP) is -0.667. The van der Waals surface area contributed by atoms with Gasteiger partial charge in [0.15, 0.2) is 6.29 Å². The van der Waals surface area contributed by atoms with Crippen LogP contribution in [-0.4, -0.2) is 94.1 Å². The molecule has 4 aliphatic carbocycles. The molecule has 13 heteroatoms. The Morgan fingerprint density at radius 2 is 1.56 bits per heavy atom. The van der Waals surface area contributed by atoms with Crippen molar-refractivity contribution in [2.45, 2.75) is 141 Å². The van der Waals surface area contributed by atoms with Gasteiger partial charge in [0.2, 0.25) is 10.4 Å². The van der Waals surface area contributed by atoms with E-state index in [9.17, 15) is 38.5 Å². The maximum atomic E-state index is 12.0. The first-order valence-electron chi connectivity index (χ1n) is 16.8. The summed E-state index contributed by atoms with van der Waals surface area (Å²) in [6.45, 7) is 10.5. The van der Waals surface area contributed by atoms with Crippen LogP contribution >= 0.6 is 0 Å². The molecule has 5 rings (SSSR count). The Morgan fingerprint density at radius 1 is 0.889 bits per heavy atom. The van der Waals surface area contributed by atoms with Crippen molar-refractivity contribution >= 4 is 10.4 Å². The van der Waals surface area contributed by atoms with Crippen LogP contribution in [-0.2, 0) is 24.1 Å². The van der Waals surface area contributed by atoms with Crippen LogP contribution in [0.3, 0.4) is 0 Å². The van der Waals surface area contributed by atoms with Crippen molar-refractivity contribution in [3.63, 3.8) is 0 Å². The fourth-order valence-corrected chi connectivity index (χ4v) is 11.3. The van der Waals surface area contributed by atoms with E-state index in [-0.39, 0.29) is 94.5 Å². The number of rotatable bonds is 9. The maximum absolute atomic E-state index is 12.0. The fraction of sp³-hybridized carbons (Fsp3) is 1.00. The molecule has 0 aromatic rings. The number of aliphatic hydroxyl groups excluding tert-OH is 5. The van der Waals surface area contributed by atoms with Crippen molar-refractivity contribution in [2.75, 3.05) is 6.61 Å². The zero-order valence-corrected chi connectivity index (χ0v) is 30.6. The topological polar surface area (TPSA) is 186 Å². The molecule has 4 saturated carbocycles. The van der Waals surface area contributed by atoms with Gasteiger partial charge >= 0.3 is 29.6 Å². The van der Waals surface area contributed by atoms with Crippen LogP contribution in [0.1, 0.15) is 92.4 Å². The normalized spacial score (nSPS) is 48.1. The van der Waals surface area contributed by atoms with Crippen LogP contribution in [0.4, 0.5) is 0 Å². The van der Waals surface area contributed by atoms with Crippen molar-refractivity contribution in [2.24, 2.45) is 52.3 Å². The summed E-state index contributed by atoms with van der Waals surface area (Å²) in [5.41, 5.74) is -0.450. The van der Waals surface area contributed by atoms with Crippen molar-refractivity contribution in [1.29, 1.82) is 0 Å². The minimum Gasteiger partial charge on any atom is -0.726 e. The number of hydrogen-bond acceptors (Lipinski definition) is 11.